The van der Waals surface area contributed by atoms with Crippen LogP contribution in [-0.2, 0) is 0 Å². The molecule has 0 radical (unpaired) electrons. The first-order valence-corrected chi connectivity index (χ1v) is 7.45. The van der Waals surface area contributed by atoms with Crippen molar-refractivity contribution in [3.05, 3.63) is 35.8 Å². The fourth-order valence-electron chi connectivity index (χ4n) is 2.99. The summed E-state index contributed by atoms with van der Waals surface area (Å²) in [7, 11) is 4.05. The number of carbonyl (C=O) groups is 1. The van der Waals surface area contributed by atoms with Crippen LogP contribution in [0.3, 0.4) is 0 Å². The second kappa shape index (κ2) is 5.48. The zero-order valence-corrected chi connectivity index (χ0v) is 12.9. The van der Waals surface area contributed by atoms with E-state index in [9.17, 15) is 4.79 Å². The van der Waals surface area contributed by atoms with Crippen LogP contribution < -0.4 is 0 Å². The lowest BCUT2D eigenvalue weighted by atomic mass is 10.0. The lowest BCUT2D eigenvalue weighted by Crippen LogP contribution is -2.44. The molecule has 3 rings (SSSR count). The smallest absolute Gasteiger partial charge is 0.254 e. The van der Waals surface area contributed by atoms with E-state index in [1.807, 2.05) is 47.8 Å². The summed E-state index contributed by atoms with van der Waals surface area (Å²) in [5, 5.41) is 0. The number of hydrogen-bond acceptors (Lipinski definition) is 3. The molecule has 0 aliphatic carbocycles. The molecule has 0 aromatic carbocycles. The van der Waals surface area contributed by atoms with Crippen molar-refractivity contribution in [1.29, 1.82) is 0 Å². The van der Waals surface area contributed by atoms with Crippen molar-refractivity contribution in [1.82, 2.24) is 19.2 Å². The van der Waals surface area contributed by atoms with E-state index in [-0.39, 0.29) is 5.91 Å². The van der Waals surface area contributed by atoms with Crippen LogP contribution >= 0.6 is 0 Å². The molecule has 1 aliphatic rings. The number of likely N-dealkylation sites (tertiary alicyclic amines) is 1. The second-order valence-corrected chi connectivity index (χ2v) is 6.01. The summed E-state index contributed by atoms with van der Waals surface area (Å²) in [6.45, 7) is 4.07. The van der Waals surface area contributed by atoms with Gasteiger partial charge in [-0.2, -0.15) is 0 Å². The van der Waals surface area contributed by atoms with E-state index in [4.69, 9.17) is 0 Å². The first kappa shape index (κ1) is 14.1. The van der Waals surface area contributed by atoms with Crippen molar-refractivity contribution in [3.8, 4) is 0 Å². The molecular formula is C16H22N4O. The Morgan fingerprint density at radius 3 is 2.81 bits per heavy atom. The van der Waals surface area contributed by atoms with Gasteiger partial charge in [-0.15, -0.1) is 0 Å². The van der Waals surface area contributed by atoms with Gasteiger partial charge in [-0.25, -0.2) is 4.98 Å². The molecule has 0 N–H and O–H groups in total. The first-order chi connectivity index (χ1) is 10.0. The maximum absolute atomic E-state index is 12.7. The highest BCUT2D eigenvalue weighted by Crippen LogP contribution is 2.17. The molecule has 0 unspecified atom stereocenters. The molecule has 0 saturated carbocycles. The molecule has 1 amide bonds. The summed E-state index contributed by atoms with van der Waals surface area (Å²) in [4.78, 5) is 21.3. The topological polar surface area (TPSA) is 40.9 Å². The van der Waals surface area contributed by atoms with Gasteiger partial charge in [0.2, 0.25) is 0 Å². The monoisotopic (exact) mass is 286 g/mol. The summed E-state index contributed by atoms with van der Waals surface area (Å²) in [6, 6.07) is 4.09. The van der Waals surface area contributed by atoms with Gasteiger partial charge < -0.3 is 14.2 Å². The Hall–Kier alpha value is -1.88. The SMILES string of the molecule is Cc1cn2ccc(C(=O)N(C)C3CCN(C)CC3)cc2n1. The number of nitrogens with zero attached hydrogens (tertiary/aromatic N) is 4. The van der Waals surface area contributed by atoms with Gasteiger partial charge in [-0.3, -0.25) is 4.79 Å². The van der Waals surface area contributed by atoms with Crippen LogP contribution in [0.2, 0.25) is 0 Å². The number of aromatic nitrogens is 2. The predicted octanol–water partition coefficient (Wildman–Crippen LogP) is 1.81. The average molecular weight is 286 g/mol. The molecular weight excluding hydrogens is 264 g/mol. The van der Waals surface area contributed by atoms with Crippen LogP contribution in [0.1, 0.15) is 28.9 Å². The average Bonchev–Trinajstić information content (AvgIpc) is 2.85. The molecule has 3 heterocycles. The molecule has 0 atom stereocenters. The molecule has 0 bridgehead atoms. The van der Waals surface area contributed by atoms with Crippen LogP contribution in [0, 0.1) is 6.92 Å². The Kier molecular flexibility index (Phi) is 3.68. The van der Waals surface area contributed by atoms with Gasteiger partial charge in [0, 0.05) is 31.0 Å². The third-order valence-electron chi connectivity index (χ3n) is 4.38. The standard InChI is InChI=1S/C16H22N4O/c1-12-11-20-9-4-13(10-15(20)17-12)16(21)19(3)14-5-7-18(2)8-6-14/h4,9-11,14H,5-8H2,1-3H3. The highest BCUT2D eigenvalue weighted by molar-refractivity contribution is 5.95. The molecule has 1 fully saturated rings. The van der Waals surface area contributed by atoms with Gasteiger partial charge in [-0.1, -0.05) is 0 Å². The van der Waals surface area contributed by atoms with Crippen LogP contribution in [-0.4, -0.2) is 58.3 Å². The molecule has 5 nitrogen and oxygen atoms in total. The summed E-state index contributed by atoms with van der Waals surface area (Å²) in [6.07, 6.45) is 5.96. The van der Waals surface area contributed by atoms with Crippen LogP contribution in [0.15, 0.2) is 24.5 Å². The summed E-state index contributed by atoms with van der Waals surface area (Å²) in [5.41, 5.74) is 2.51. The van der Waals surface area contributed by atoms with Gasteiger partial charge in [0.05, 0.1) is 5.69 Å². The number of hydrogen-bond donors (Lipinski definition) is 0. The van der Waals surface area contributed by atoms with Crippen molar-refractivity contribution in [3.63, 3.8) is 0 Å². The maximum atomic E-state index is 12.7. The molecule has 0 spiro atoms. The Labute approximate surface area is 125 Å². The summed E-state index contributed by atoms with van der Waals surface area (Å²) >= 11 is 0. The molecule has 112 valence electrons. The number of piperidine rings is 1. The fourth-order valence-corrected chi connectivity index (χ4v) is 2.99. The zero-order valence-electron chi connectivity index (χ0n) is 12.9. The lowest BCUT2D eigenvalue weighted by Gasteiger charge is -2.35. The van der Waals surface area contributed by atoms with E-state index >= 15 is 0 Å². The quantitative estimate of drug-likeness (QED) is 0.845. The van der Waals surface area contributed by atoms with Crippen LogP contribution in [0.5, 0.6) is 0 Å². The van der Waals surface area contributed by atoms with Crippen molar-refractivity contribution >= 4 is 11.6 Å². The first-order valence-electron chi connectivity index (χ1n) is 7.45. The van der Waals surface area contributed by atoms with Crippen molar-refractivity contribution < 1.29 is 4.79 Å². The van der Waals surface area contributed by atoms with Crippen LogP contribution in [0.25, 0.3) is 5.65 Å². The molecule has 2 aromatic heterocycles. The number of carbonyl (C=O) groups excluding carboxylic acids is 1. The Morgan fingerprint density at radius 1 is 1.38 bits per heavy atom. The highest BCUT2D eigenvalue weighted by Gasteiger charge is 2.24. The minimum Gasteiger partial charge on any atom is -0.339 e. The number of pyridine rings is 1. The third-order valence-corrected chi connectivity index (χ3v) is 4.38. The number of imidazole rings is 1. The van der Waals surface area contributed by atoms with E-state index < -0.39 is 0 Å². The van der Waals surface area contributed by atoms with Gasteiger partial charge in [-0.05, 0) is 52.0 Å². The number of amides is 1. The van der Waals surface area contributed by atoms with Crippen molar-refractivity contribution in [2.75, 3.05) is 27.2 Å². The molecule has 1 aliphatic heterocycles. The predicted molar refractivity (Wildman–Crippen MR) is 82.5 cm³/mol. The van der Waals surface area contributed by atoms with E-state index in [2.05, 4.69) is 16.9 Å². The van der Waals surface area contributed by atoms with Crippen molar-refractivity contribution in [2.24, 2.45) is 0 Å². The molecule has 5 heteroatoms. The van der Waals surface area contributed by atoms with E-state index in [0.29, 0.717) is 6.04 Å². The fraction of sp³-hybridized carbons (Fsp3) is 0.500. The Morgan fingerprint density at radius 2 is 2.10 bits per heavy atom. The van der Waals surface area contributed by atoms with Crippen LogP contribution in [0.4, 0.5) is 0 Å². The Balaban J connectivity index is 1.79. The van der Waals surface area contributed by atoms with Gasteiger partial charge >= 0.3 is 0 Å². The summed E-state index contributed by atoms with van der Waals surface area (Å²) in [5.74, 6) is 0.0905. The zero-order chi connectivity index (χ0) is 15.0. The van der Waals surface area contributed by atoms with Gasteiger partial charge in [0.25, 0.3) is 5.91 Å². The van der Waals surface area contributed by atoms with E-state index in [0.717, 1.165) is 42.8 Å². The third kappa shape index (κ3) is 2.78. The lowest BCUT2D eigenvalue weighted by molar-refractivity contribution is 0.0659. The largest absolute Gasteiger partial charge is 0.339 e. The molecule has 21 heavy (non-hydrogen) atoms. The minimum absolute atomic E-state index is 0.0905. The number of fused-ring (bicyclic) bond motifs is 1. The Bertz CT molecular complexity index is 655. The number of aryl methyl sites for hydroxylation is 1. The minimum atomic E-state index is 0.0905. The number of rotatable bonds is 2. The highest BCUT2D eigenvalue weighted by atomic mass is 16.2. The normalized spacial score (nSPS) is 17.3. The van der Waals surface area contributed by atoms with Gasteiger partial charge in [0.1, 0.15) is 5.65 Å². The molecule has 1 saturated heterocycles. The van der Waals surface area contributed by atoms with E-state index in [1.54, 1.807) is 0 Å². The van der Waals surface area contributed by atoms with Crippen molar-refractivity contribution in [2.45, 2.75) is 25.8 Å². The second-order valence-electron chi connectivity index (χ2n) is 6.01. The van der Waals surface area contributed by atoms with E-state index in [1.165, 1.54) is 0 Å². The molecule has 2 aromatic rings. The summed E-state index contributed by atoms with van der Waals surface area (Å²) < 4.78 is 1.95. The maximum Gasteiger partial charge on any atom is 0.254 e. The van der Waals surface area contributed by atoms with Gasteiger partial charge in [0.15, 0.2) is 0 Å².